The van der Waals surface area contributed by atoms with E-state index in [1.54, 1.807) is 0 Å². The fourth-order valence-corrected chi connectivity index (χ4v) is 1.22. The topological polar surface area (TPSA) is 55.8 Å². The van der Waals surface area contributed by atoms with E-state index < -0.39 is 0 Å². The molecule has 0 spiro atoms. The number of carbonyl (C=O) groups excluding carboxylic acids is 2. The summed E-state index contributed by atoms with van der Waals surface area (Å²) in [6, 6.07) is 0. The summed E-state index contributed by atoms with van der Waals surface area (Å²) in [6.45, 7) is 5.54. The predicted octanol–water partition coefficient (Wildman–Crippen LogP) is 0.825. The number of carbonyl (C=O) groups is 2. The molecule has 0 aromatic carbocycles. The highest BCUT2D eigenvalue weighted by molar-refractivity contribution is 5.81. The first-order chi connectivity index (χ1) is 7.65. The number of amides is 1. The Labute approximate surface area is 96.7 Å². The van der Waals surface area contributed by atoms with Crippen molar-refractivity contribution in [2.75, 3.05) is 33.4 Å². The molecule has 0 radical (unpaired) electrons. The molecule has 0 aliphatic rings. The first kappa shape index (κ1) is 14.9. The molecule has 0 aromatic heterocycles. The maximum atomic E-state index is 11.7. The normalized spacial score (nSPS) is 9.94. The van der Waals surface area contributed by atoms with Crippen molar-refractivity contribution in [2.24, 2.45) is 0 Å². The van der Waals surface area contributed by atoms with Gasteiger partial charge in [0.1, 0.15) is 6.54 Å². The summed E-state index contributed by atoms with van der Waals surface area (Å²) in [6.07, 6.45) is 1.09. The zero-order valence-electron chi connectivity index (χ0n) is 10.3. The molecule has 0 saturated heterocycles. The minimum absolute atomic E-state index is 0.0282. The Kier molecular flexibility index (Phi) is 8.52. The Bertz CT molecular complexity index is 218. The van der Waals surface area contributed by atoms with Crippen LogP contribution in [0.15, 0.2) is 0 Å². The van der Waals surface area contributed by atoms with Gasteiger partial charge in [-0.25, -0.2) is 0 Å². The number of ether oxygens (including phenoxy) is 2. The van der Waals surface area contributed by atoms with Crippen LogP contribution in [0.5, 0.6) is 0 Å². The minimum Gasteiger partial charge on any atom is -0.468 e. The highest BCUT2D eigenvalue weighted by Gasteiger charge is 2.14. The van der Waals surface area contributed by atoms with Gasteiger partial charge in [-0.3, -0.25) is 9.59 Å². The largest absolute Gasteiger partial charge is 0.468 e. The van der Waals surface area contributed by atoms with Gasteiger partial charge in [0.05, 0.1) is 7.11 Å². The van der Waals surface area contributed by atoms with E-state index in [0.717, 1.165) is 0 Å². The number of hydrogen-bond donors (Lipinski definition) is 0. The standard InChI is InChI=1S/C11H21NO4/c1-4-12(9-11(14)15-3)10(13)7-6-8-16-5-2/h4-9H2,1-3H3. The van der Waals surface area contributed by atoms with Gasteiger partial charge in [0, 0.05) is 26.2 Å². The molecule has 0 aromatic rings. The van der Waals surface area contributed by atoms with E-state index in [9.17, 15) is 9.59 Å². The van der Waals surface area contributed by atoms with Crippen molar-refractivity contribution in [1.29, 1.82) is 0 Å². The fraction of sp³-hybridized carbons (Fsp3) is 0.818. The Morgan fingerprint density at radius 3 is 2.44 bits per heavy atom. The van der Waals surface area contributed by atoms with E-state index in [1.165, 1.54) is 12.0 Å². The first-order valence-electron chi connectivity index (χ1n) is 5.58. The number of nitrogens with zero attached hydrogens (tertiary/aromatic N) is 1. The second-order valence-corrected chi connectivity index (χ2v) is 3.28. The summed E-state index contributed by atoms with van der Waals surface area (Å²) < 4.78 is 9.66. The molecule has 0 N–H and O–H groups in total. The van der Waals surface area contributed by atoms with Gasteiger partial charge in [0.25, 0.3) is 0 Å². The first-order valence-corrected chi connectivity index (χ1v) is 5.58. The molecule has 94 valence electrons. The molecular weight excluding hydrogens is 210 g/mol. The van der Waals surface area contributed by atoms with Crippen molar-refractivity contribution in [3.05, 3.63) is 0 Å². The molecule has 0 aliphatic carbocycles. The van der Waals surface area contributed by atoms with Crippen LogP contribution in [0.25, 0.3) is 0 Å². The summed E-state index contributed by atoms with van der Waals surface area (Å²) in [4.78, 5) is 24.2. The molecule has 1 amide bonds. The Hall–Kier alpha value is -1.10. The smallest absolute Gasteiger partial charge is 0.325 e. The average molecular weight is 231 g/mol. The lowest BCUT2D eigenvalue weighted by Crippen LogP contribution is -2.36. The van der Waals surface area contributed by atoms with Crippen LogP contribution in [0.3, 0.4) is 0 Å². The van der Waals surface area contributed by atoms with Crippen LogP contribution in [-0.2, 0) is 19.1 Å². The van der Waals surface area contributed by atoms with Gasteiger partial charge in [-0.1, -0.05) is 0 Å². The van der Waals surface area contributed by atoms with Crippen molar-refractivity contribution >= 4 is 11.9 Å². The van der Waals surface area contributed by atoms with Crippen molar-refractivity contribution in [2.45, 2.75) is 26.7 Å². The molecule has 5 nitrogen and oxygen atoms in total. The molecular formula is C11H21NO4. The van der Waals surface area contributed by atoms with Gasteiger partial charge < -0.3 is 14.4 Å². The monoisotopic (exact) mass is 231 g/mol. The van der Waals surface area contributed by atoms with E-state index in [-0.39, 0.29) is 18.4 Å². The maximum Gasteiger partial charge on any atom is 0.325 e. The fourth-order valence-electron chi connectivity index (χ4n) is 1.22. The summed E-state index contributed by atoms with van der Waals surface area (Å²) in [5, 5.41) is 0. The van der Waals surface area contributed by atoms with Crippen LogP contribution >= 0.6 is 0 Å². The lowest BCUT2D eigenvalue weighted by molar-refractivity contribution is -0.147. The van der Waals surface area contributed by atoms with Crippen molar-refractivity contribution in [3.63, 3.8) is 0 Å². The van der Waals surface area contributed by atoms with Crippen LogP contribution in [0.4, 0.5) is 0 Å². The molecule has 0 bridgehead atoms. The Morgan fingerprint density at radius 2 is 1.94 bits per heavy atom. The third-order valence-corrected chi connectivity index (χ3v) is 2.17. The van der Waals surface area contributed by atoms with Crippen molar-refractivity contribution in [3.8, 4) is 0 Å². The van der Waals surface area contributed by atoms with Crippen LogP contribution in [0, 0.1) is 0 Å². The lowest BCUT2D eigenvalue weighted by atomic mass is 10.3. The minimum atomic E-state index is -0.389. The number of likely N-dealkylation sites (N-methyl/N-ethyl adjacent to an activating group) is 1. The molecule has 0 rings (SSSR count). The lowest BCUT2D eigenvalue weighted by Gasteiger charge is -2.19. The third-order valence-electron chi connectivity index (χ3n) is 2.17. The molecule has 0 aliphatic heterocycles. The molecule has 5 heteroatoms. The summed E-state index contributed by atoms with van der Waals surface area (Å²) in [5.74, 6) is -0.424. The summed E-state index contributed by atoms with van der Waals surface area (Å²) in [7, 11) is 1.32. The number of rotatable bonds is 8. The van der Waals surface area contributed by atoms with Gasteiger partial charge in [0.2, 0.25) is 5.91 Å². The number of methoxy groups -OCH3 is 1. The molecule has 0 heterocycles. The maximum absolute atomic E-state index is 11.7. The SMILES string of the molecule is CCOCCCC(=O)N(CC)CC(=O)OC. The van der Waals surface area contributed by atoms with Gasteiger partial charge in [-0.2, -0.15) is 0 Å². The Morgan fingerprint density at radius 1 is 1.25 bits per heavy atom. The molecule has 0 atom stereocenters. The van der Waals surface area contributed by atoms with E-state index in [0.29, 0.717) is 32.6 Å². The Balaban J connectivity index is 3.87. The van der Waals surface area contributed by atoms with Gasteiger partial charge in [-0.05, 0) is 20.3 Å². The third kappa shape index (κ3) is 6.40. The van der Waals surface area contributed by atoms with Crippen LogP contribution in [0.2, 0.25) is 0 Å². The summed E-state index contributed by atoms with van der Waals surface area (Å²) in [5.41, 5.74) is 0. The van der Waals surface area contributed by atoms with Gasteiger partial charge in [-0.15, -0.1) is 0 Å². The molecule has 0 unspecified atom stereocenters. The van der Waals surface area contributed by atoms with Crippen LogP contribution in [-0.4, -0.2) is 50.2 Å². The zero-order chi connectivity index (χ0) is 12.4. The predicted molar refractivity (Wildman–Crippen MR) is 60.0 cm³/mol. The van der Waals surface area contributed by atoms with Gasteiger partial charge in [0.15, 0.2) is 0 Å². The van der Waals surface area contributed by atoms with Crippen molar-refractivity contribution in [1.82, 2.24) is 4.90 Å². The second kappa shape index (κ2) is 9.15. The van der Waals surface area contributed by atoms with E-state index in [2.05, 4.69) is 4.74 Å². The number of esters is 1. The van der Waals surface area contributed by atoms with E-state index in [4.69, 9.17) is 4.74 Å². The van der Waals surface area contributed by atoms with E-state index in [1.807, 2.05) is 13.8 Å². The average Bonchev–Trinajstić information content (AvgIpc) is 2.30. The number of hydrogen-bond acceptors (Lipinski definition) is 4. The quantitative estimate of drug-likeness (QED) is 0.458. The molecule has 0 saturated carbocycles. The van der Waals surface area contributed by atoms with E-state index >= 15 is 0 Å². The van der Waals surface area contributed by atoms with Crippen LogP contribution < -0.4 is 0 Å². The summed E-state index contributed by atoms with van der Waals surface area (Å²) >= 11 is 0. The van der Waals surface area contributed by atoms with Crippen LogP contribution in [0.1, 0.15) is 26.7 Å². The zero-order valence-corrected chi connectivity index (χ0v) is 10.3. The second-order valence-electron chi connectivity index (χ2n) is 3.28. The van der Waals surface area contributed by atoms with Crippen molar-refractivity contribution < 1.29 is 19.1 Å². The van der Waals surface area contributed by atoms with Gasteiger partial charge >= 0.3 is 5.97 Å². The molecule has 16 heavy (non-hydrogen) atoms. The highest BCUT2D eigenvalue weighted by atomic mass is 16.5. The highest BCUT2D eigenvalue weighted by Crippen LogP contribution is 1.99. The molecule has 0 fully saturated rings.